The van der Waals surface area contributed by atoms with E-state index in [1.165, 1.54) is 0 Å². The molecule has 1 aromatic heterocycles. The van der Waals surface area contributed by atoms with Crippen LogP contribution in [0.25, 0.3) is 0 Å². The van der Waals surface area contributed by atoms with Gasteiger partial charge >= 0.3 is 0 Å². The van der Waals surface area contributed by atoms with E-state index < -0.39 is 0 Å². The molecule has 1 aromatic carbocycles. The largest absolute Gasteiger partial charge is 0.493 e. The highest BCUT2D eigenvalue weighted by atomic mass is 16.5. The summed E-state index contributed by atoms with van der Waals surface area (Å²) in [5.41, 5.74) is 1.08. The van der Waals surface area contributed by atoms with E-state index in [1.807, 2.05) is 56.0 Å². The van der Waals surface area contributed by atoms with E-state index in [1.54, 1.807) is 14.2 Å². The number of carbonyl (C=O) groups is 1. The number of aryl methyl sites for hydroxylation is 1. The summed E-state index contributed by atoms with van der Waals surface area (Å²) in [5, 5.41) is 3.19. The van der Waals surface area contributed by atoms with Gasteiger partial charge in [-0.15, -0.1) is 0 Å². The standard InChI is InChI=1S/C21H30N2O4/c1-15(2)22-13-21(24)23(14-18-8-6-16(3)27-18)11-10-17-7-9-19(25-4)20(12-17)26-5/h6-9,12,15,22H,10-11,13-14H2,1-5H3. The molecule has 0 atom stereocenters. The molecule has 0 aliphatic heterocycles. The van der Waals surface area contributed by atoms with E-state index in [0.717, 1.165) is 17.1 Å². The van der Waals surface area contributed by atoms with Crippen LogP contribution in [-0.2, 0) is 17.8 Å². The van der Waals surface area contributed by atoms with Crippen LogP contribution < -0.4 is 14.8 Å². The highest BCUT2D eigenvalue weighted by Crippen LogP contribution is 2.27. The Morgan fingerprint density at radius 2 is 1.89 bits per heavy atom. The molecule has 0 saturated carbocycles. The Morgan fingerprint density at radius 1 is 1.15 bits per heavy atom. The fourth-order valence-corrected chi connectivity index (χ4v) is 2.75. The quantitative estimate of drug-likeness (QED) is 0.692. The summed E-state index contributed by atoms with van der Waals surface area (Å²) < 4.78 is 16.3. The van der Waals surface area contributed by atoms with Crippen molar-refractivity contribution in [3.05, 3.63) is 47.4 Å². The number of rotatable bonds is 10. The van der Waals surface area contributed by atoms with Crippen LogP contribution in [-0.4, -0.2) is 44.2 Å². The number of nitrogens with zero attached hydrogens (tertiary/aromatic N) is 1. The zero-order chi connectivity index (χ0) is 19.8. The Kier molecular flexibility index (Phi) is 7.73. The third kappa shape index (κ3) is 6.32. The van der Waals surface area contributed by atoms with E-state index in [2.05, 4.69) is 5.32 Å². The predicted octanol–water partition coefficient (Wildman–Crippen LogP) is 3.17. The van der Waals surface area contributed by atoms with Crippen molar-refractivity contribution in [2.45, 2.75) is 39.8 Å². The van der Waals surface area contributed by atoms with Gasteiger partial charge in [0.05, 0.1) is 27.3 Å². The molecule has 0 fully saturated rings. The van der Waals surface area contributed by atoms with Gasteiger partial charge in [0.25, 0.3) is 0 Å². The number of ether oxygens (including phenoxy) is 2. The number of hydrogen-bond donors (Lipinski definition) is 1. The van der Waals surface area contributed by atoms with Gasteiger partial charge < -0.3 is 24.1 Å². The average Bonchev–Trinajstić information content (AvgIpc) is 3.07. The Hall–Kier alpha value is -2.47. The summed E-state index contributed by atoms with van der Waals surface area (Å²) >= 11 is 0. The minimum absolute atomic E-state index is 0.0539. The molecule has 1 N–H and O–H groups in total. The van der Waals surface area contributed by atoms with Crippen molar-refractivity contribution < 1.29 is 18.7 Å². The number of amides is 1. The van der Waals surface area contributed by atoms with E-state index in [4.69, 9.17) is 13.9 Å². The van der Waals surface area contributed by atoms with E-state index in [0.29, 0.717) is 37.6 Å². The van der Waals surface area contributed by atoms with Crippen molar-refractivity contribution in [1.29, 1.82) is 0 Å². The molecule has 0 spiro atoms. The number of furan rings is 1. The maximum atomic E-state index is 12.7. The summed E-state index contributed by atoms with van der Waals surface area (Å²) in [6.07, 6.45) is 0.716. The molecular formula is C21H30N2O4. The van der Waals surface area contributed by atoms with Gasteiger partial charge in [0.2, 0.25) is 5.91 Å². The molecule has 0 unspecified atom stereocenters. The molecule has 0 bridgehead atoms. The first-order valence-corrected chi connectivity index (χ1v) is 9.20. The maximum absolute atomic E-state index is 12.7. The predicted molar refractivity (Wildman–Crippen MR) is 105 cm³/mol. The van der Waals surface area contributed by atoms with Gasteiger partial charge in [0.1, 0.15) is 11.5 Å². The minimum Gasteiger partial charge on any atom is -0.493 e. The van der Waals surface area contributed by atoms with Crippen LogP contribution in [0.5, 0.6) is 11.5 Å². The first kappa shape index (κ1) is 20.8. The summed E-state index contributed by atoms with van der Waals surface area (Å²) in [6.45, 7) is 7.31. The zero-order valence-corrected chi connectivity index (χ0v) is 16.9. The lowest BCUT2D eigenvalue weighted by molar-refractivity contribution is -0.131. The fraction of sp³-hybridized carbons (Fsp3) is 0.476. The lowest BCUT2D eigenvalue weighted by atomic mass is 10.1. The topological polar surface area (TPSA) is 63.9 Å². The Balaban J connectivity index is 2.07. The molecule has 0 radical (unpaired) electrons. The van der Waals surface area contributed by atoms with Crippen molar-refractivity contribution in [3.8, 4) is 11.5 Å². The summed E-state index contributed by atoms with van der Waals surface area (Å²) in [6, 6.07) is 9.92. The van der Waals surface area contributed by atoms with Crippen LogP contribution in [0.15, 0.2) is 34.7 Å². The molecule has 2 aromatic rings. The average molecular weight is 374 g/mol. The monoisotopic (exact) mass is 374 g/mol. The molecule has 2 rings (SSSR count). The minimum atomic E-state index is 0.0539. The van der Waals surface area contributed by atoms with Gasteiger partial charge in [0, 0.05) is 12.6 Å². The van der Waals surface area contributed by atoms with Crippen LogP contribution in [0.4, 0.5) is 0 Å². The van der Waals surface area contributed by atoms with Gasteiger partial charge in [0.15, 0.2) is 11.5 Å². The van der Waals surface area contributed by atoms with E-state index in [9.17, 15) is 4.79 Å². The highest BCUT2D eigenvalue weighted by Gasteiger charge is 2.16. The normalized spacial score (nSPS) is 10.9. The highest BCUT2D eigenvalue weighted by molar-refractivity contribution is 5.78. The van der Waals surface area contributed by atoms with Crippen LogP contribution in [0.3, 0.4) is 0 Å². The van der Waals surface area contributed by atoms with Gasteiger partial charge in [-0.1, -0.05) is 19.9 Å². The molecule has 0 saturated heterocycles. The maximum Gasteiger partial charge on any atom is 0.236 e. The van der Waals surface area contributed by atoms with Crippen LogP contribution in [0, 0.1) is 6.92 Å². The number of methoxy groups -OCH3 is 2. The molecule has 1 heterocycles. The van der Waals surface area contributed by atoms with Crippen molar-refractivity contribution >= 4 is 5.91 Å². The van der Waals surface area contributed by atoms with Crippen LogP contribution in [0.2, 0.25) is 0 Å². The Morgan fingerprint density at radius 3 is 2.48 bits per heavy atom. The van der Waals surface area contributed by atoms with Crippen LogP contribution in [0.1, 0.15) is 30.9 Å². The van der Waals surface area contributed by atoms with Crippen molar-refractivity contribution in [2.24, 2.45) is 0 Å². The van der Waals surface area contributed by atoms with Crippen molar-refractivity contribution in [1.82, 2.24) is 10.2 Å². The second-order valence-electron chi connectivity index (χ2n) is 6.80. The van der Waals surface area contributed by atoms with Gasteiger partial charge in [-0.2, -0.15) is 0 Å². The smallest absolute Gasteiger partial charge is 0.236 e. The molecule has 0 aliphatic rings. The fourth-order valence-electron chi connectivity index (χ4n) is 2.75. The van der Waals surface area contributed by atoms with Gasteiger partial charge in [-0.25, -0.2) is 0 Å². The number of carbonyl (C=O) groups excluding carboxylic acids is 1. The number of nitrogens with one attached hydrogen (secondary N) is 1. The van der Waals surface area contributed by atoms with E-state index in [-0.39, 0.29) is 11.9 Å². The van der Waals surface area contributed by atoms with Crippen LogP contribution >= 0.6 is 0 Å². The molecule has 6 heteroatoms. The Bertz CT molecular complexity index is 740. The molecule has 6 nitrogen and oxygen atoms in total. The van der Waals surface area contributed by atoms with E-state index >= 15 is 0 Å². The second-order valence-corrected chi connectivity index (χ2v) is 6.80. The number of hydrogen-bond acceptors (Lipinski definition) is 5. The number of benzene rings is 1. The third-order valence-corrected chi connectivity index (χ3v) is 4.28. The molecular weight excluding hydrogens is 344 g/mol. The lowest BCUT2D eigenvalue weighted by Gasteiger charge is -2.23. The molecule has 0 aliphatic carbocycles. The molecule has 1 amide bonds. The zero-order valence-electron chi connectivity index (χ0n) is 16.9. The lowest BCUT2D eigenvalue weighted by Crippen LogP contribution is -2.40. The first-order chi connectivity index (χ1) is 12.9. The summed E-state index contributed by atoms with van der Waals surface area (Å²) in [4.78, 5) is 14.5. The van der Waals surface area contributed by atoms with Gasteiger partial charge in [-0.05, 0) is 43.2 Å². The van der Waals surface area contributed by atoms with Gasteiger partial charge in [-0.3, -0.25) is 4.79 Å². The van der Waals surface area contributed by atoms with Crippen molar-refractivity contribution in [3.63, 3.8) is 0 Å². The first-order valence-electron chi connectivity index (χ1n) is 9.20. The third-order valence-electron chi connectivity index (χ3n) is 4.28. The molecule has 148 valence electrons. The summed E-state index contributed by atoms with van der Waals surface area (Å²) in [7, 11) is 3.24. The SMILES string of the molecule is COc1ccc(CCN(Cc2ccc(C)o2)C(=O)CNC(C)C)cc1OC. The molecule has 27 heavy (non-hydrogen) atoms. The van der Waals surface area contributed by atoms with Crippen molar-refractivity contribution in [2.75, 3.05) is 27.3 Å². The second kappa shape index (κ2) is 10.0. The Labute approximate surface area is 161 Å². The summed E-state index contributed by atoms with van der Waals surface area (Å²) in [5.74, 6) is 3.07.